The van der Waals surface area contributed by atoms with Crippen molar-refractivity contribution >= 4 is 5.97 Å². The Labute approximate surface area is 83.6 Å². The molecule has 0 bridgehead atoms. The Morgan fingerprint density at radius 1 is 1.27 bits per heavy atom. The van der Waals surface area contributed by atoms with Crippen molar-refractivity contribution < 1.29 is 15.0 Å². The van der Waals surface area contributed by atoms with E-state index in [-0.39, 0.29) is 11.6 Å². The van der Waals surface area contributed by atoms with E-state index in [2.05, 4.69) is 15.5 Å². The van der Waals surface area contributed by atoms with Crippen LogP contribution in [0.1, 0.15) is 10.6 Å². The van der Waals surface area contributed by atoms with E-state index in [0.29, 0.717) is 5.69 Å². The van der Waals surface area contributed by atoms with E-state index in [1.54, 1.807) is 0 Å². The fourth-order valence-electron chi connectivity index (χ4n) is 1.09. The highest BCUT2D eigenvalue weighted by Gasteiger charge is 2.14. The van der Waals surface area contributed by atoms with Gasteiger partial charge in [0.05, 0.1) is 5.69 Å². The maximum atomic E-state index is 10.7. The van der Waals surface area contributed by atoms with Gasteiger partial charge in [-0.1, -0.05) is 0 Å². The van der Waals surface area contributed by atoms with E-state index in [0.717, 1.165) is 4.68 Å². The van der Waals surface area contributed by atoms with Gasteiger partial charge >= 0.3 is 5.97 Å². The molecular weight excluding hydrogens is 200 g/mol. The second-order valence-corrected chi connectivity index (χ2v) is 2.74. The van der Waals surface area contributed by atoms with Crippen LogP contribution in [0.15, 0.2) is 24.3 Å². The largest absolute Gasteiger partial charge is 0.508 e. The van der Waals surface area contributed by atoms with Gasteiger partial charge in [0.25, 0.3) is 5.82 Å². The highest BCUT2D eigenvalue weighted by atomic mass is 16.4. The van der Waals surface area contributed by atoms with Crippen LogP contribution in [-0.4, -0.2) is 36.4 Å². The zero-order valence-electron chi connectivity index (χ0n) is 7.40. The first-order valence-corrected chi connectivity index (χ1v) is 3.99. The molecule has 0 radical (unpaired) electrons. The Morgan fingerprint density at radius 2 is 1.93 bits per heavy atom. The number of aromatic nitrogens is 4. The lowest BCUT2D eigenvalue weighted by Gasteiger charge is -2.00. The average Bonchev–Trinajstić information content (AvgIpc) is 2.67. The standard InChI is InChI=1S/C8H6N4O3/c13-6-3-1-5(2-4-6)12-7(8(14)15)9-10-11-12/h1-4,13H,(H,14,15). The number of aromatic hydroxyl groups is 1. The summed E-state index contributed by atoms with van der Waals surface area (Å²) in [6.45, 7) is 0. The molecule has 15 heavy (non-hydrogen) atoms. The Balaban J connectivity index is 2.49. The molecule has 2 aromatic rings. The quantitative estimate of drug-likeness (QED) is 0.720. The monoisotopic (exact) mass is 206 g/mol. The molecule has 0 fully saturated rings. The fourth-order valence-corrected chi connectivity index (χ4v) is 1.09. The lowest BCUT2D eigenvalue weighted by atomic mass is 10.3. The molecular formula is C8H6N4O3. The van der Waals surface area contributed by atoms with Crippen LogP contribution in [0.25, 0.3) is 5.69 Å². The van der Waals surface area contributed by atoms with Crippen molar-refractivity contribution in [1.29, 1.82) is 0 Å². The van der Waals surface area contributed by atoms with E-state index in [1.165, 1.54) is 24.3 Å². The van der Waals surface area contributed by atoms with E-state index >= 15 is 0 Å². The van der Waals surface area contributed by atoms with Gasteiger partial charge in [-0.3, -0.25) is 0 Å². The summed E-state index contributed by atoms with van der Waals surface area (Å²) in [5.41, 5.74) is 0.468. The van der Waals surface area contributed by atoms with Crippen LogP contribution in [-0.2, 0) is 0 Å². The number of carbonyl (C=O) groups is 1. The Kier molecular flexibility index (Phi) is 2.05. The number of carboxylic acids is 1. The van der Waals surface area contributed by atoms with Gasteiger partial charge in [0.1, 0.15) is 5.75 Å². The number of rotatable bonds is 2. The minimum Gasteiger partial charge on any atom is -0.508 e. The molecule has 1 aromatic heterocycles. The highest BCUT2D eigenvalue weighted by Crippen LogP contribution is 2.13. The lowest BCUT2D eigenvalue weighted by molar-refractivity contribution is 0.0680. The molecule has 7 heteroatoms. The average molecular weight is 206 g/mol. The maximum absolute atomic E-state index is 10.7. The van der Waals surface area contributed by atoms with Crippen LogP contribution in [0.5, 0.6) is 5.75 Å². The highest BCUT2D eigenvalue weighted by molar-refractivity contribution is 5.83. The van der Waals surface area contributed by atoms with E-state index in [9.17, 15) is 4.79 Å². The van der Waals surface area contributed by atoms with Crippen LogP contribution in [0.2, 0.25) is 0 Å². The first-order valence-electron chi connectivity index (χ1n) is 3.99. The van der Waals surface area contributed by atoms with Crippen molar-refractivity contribution in [3.8, 4) is 11.4 Å². The molecule has 0 spiro atoms. The first-order chi connectivity index (χ1) is 7.18. The van der Waals surface area contributed by atoms with Crippen molar-refractivity contribution in [3.63, 3.8) is 0 Å². The van der Waals surface area contributed by atoms with Gasteiger partial charge in [-0.25, -0.2) is 4.79 Å². The number of tetrazole rings is 1. The summed E-state index contributed by atoms with van der Waals surface area (Å²) >= 11 is 0. The van der Waals surface area contributed by atoms with Crippen LogP contribution in [0.4, 0.5) is 0 Å². The van der Waals surface area contributed by atoms with Gasteiger partial charge in [-0.2, -0.15) is 4.68 Å². The minimum absolute atomic E-state index is 0.0868. The van der Waals surface area contributed by atoms with E-state index in [1.807, 2.05) is 0 Å². The molecule has 1 heterocycles. The Morgan fingerprint density at radius 3 is 2.53 bits per heavy atom. The molecule has 0 aliphatic carbocycles. The number of phenols is 1. The molecule has 0 atom stereocenters. The third-order valence-electron chi connectivity index (χ3n) is 1.76. The normalized spacial score (nSPS) is 10.1. The second-order valence-electron chi connectivity index (χ2n) is 2.74. The Bertz CT molecular complexity index is 491. The van der Waals surface area contributed by atoms with Crippen LogP contribution >= 0.6 is 0 Å². The molecule has 1 aromatic carbocycles. The summed E-state index contributed by atoms with van der Waals surface area (Å²) in [7, 11) is 0. The SMILES string of the molecule is O=C(O)c1nnnn1-c1ccc(O)cc1. The van der Waals surface area contributed by atoms with E-state index in [4.69, 9.17) is 10.2 Å². The molecule has 0 aliphatic rings. The summed E-state index contributed by atoms with van der Waals surface area (Å²) in [6, 6.07) is 5.86. The number of hydrogen-bond donors (Lipinski definition) is 2. The van der Waals surface area contributed by atoms with Crippen molar-refractivity contribution in [2.24, 2.45) is 0 Å². The molecule has 0 aliphatic heterocycles. The zero-order chi connectivity index (χ0) is 10.8. The van der Waals surface area contributed by atoms with Gasteiger partial charge in [0, 0.05) is 0 Å². The maximum Gasteiger partial charge on any atom is 0.376 e. The van der Waals surface area contributed by atoms with Gasteiger partial charge in [-0.15, -0.1) is 5.10 Å². The number of hydrogen-bond acceptors (Lipinski definition) is 5. The number of benzene rings is 1. The fraction of sp³-hybridized carbons (Fsp3) is 0. The smallest absolute Gasteiger partial charge is 0.376 e. The predicted octanol–water partition coefficient (Wildman–Crippen LogP) is 0.0661. The van der Waals surface area contributed by atoms with E-state index < -0.39 is 5.97 Å². The molecule has 0 saturated carbocycles. The molecule has 0 amide bonds. The number of phenolic OH excluding ortho intramolecular Hbond substituents is 1. The second kappa shape index (κ2) is 3.37. The number of nitrogens with zero attached hydrogens (tertiary/aromatic N) is 4. The van der Waals surface area contributed by atoms with Crippen molar-refractivity contribution in [2.75, 3.05) is 0 Å². The number of carboxylic acid groups (broad SMARTS) is 1. The van der Waals surface area contributed by atoms with Crippen LogP contribution in [0, 0.1) is 0 Å². The third kappa shape index (κ3) is 1.62. The van der Waals surface area contributed by atoms with Crippen molar-refractivity contribution in [1.82, 2.24) is 20.2 Å². The summed E-state index contributed by atoms with van der Waals surface area (Å²) in [5, 5.41) is 28.0. The third-order valence-corrected chi connectivity index (χ3v) is 1.76. The van der Waals surface area contributed by atoms with Crippen molar-refractivity contribution in [3.05, 3.63) is 30.1 Å². The van der Waals surface area contributed by atoms with Gasteiger partial charge in [0.2, 0.25) is 0 Å². The molecule has 2 N–H and O–H groups in total. The van der Waals surface area contributed by atoms with Crippen LogP contribution in [0.3, 0.4) is 0 Å². The van der Waals surface area contributed by atoms with Gasteiger partial charge in [-0.05, 0) is 34.7 Å². The molecule has 0 unspecified atom stereocenters. The van der Waals surface area contributed by atoms with Crippen molar-refractivity contribution in [2.45, 2.75) is 0 Å². The molecule has 76 valence electrons. The molecule has 7 nitrogen and oxygen atoms in total. The number of aromatic carboxylic acids is 1. The Hall–Kier alpha value is -2.44. The molecule has 0 saturated heterocycles. The van der Waals surface area contributed by atoms with Gasteiger partial charge in [0.15, 0.2) is 0 Å². The summed E-state index contributed by atoms with van der Waals surface area (Å²) in [4.78, 5) is 10.7. The minimum atomic E-state index is -1.21. The van der Waals surface area contributed by atoms with Crippen LogP contribution < -0.4 is 0 Å². The zero-order valence-corrected chi connectivity index (χ0v) is 7.40. The summed E-state index contributed by atoms with van der Waals surface area (Å²) in [5.74, 6) is -1.41. The predicted molar refractivity (Wildman–Crippen MR) is 47.8 cm³/mol. The van der Waals surface area contributed by atoms with Gasteiger partial charge < -0.3 is 10.2 Å². The first kappa shape index (κ1) is 9.13. The summed E-state index contributed by atoms with van der Waals surface area (Å²) < 4.78 is 1.07. The topological polar surface area (TPSA) is 101 Å². The lowest BCUT2D eigenvalue weighted by Crippen LogP contribution is -2.08. The molecule has 2 rings (SSSR count). The summed E-state index contributed by atoms with van der Waals surface area (Å²) in [6.07, 6.45) is 0.